The van der Waals surface area contributed by atoms with Gasteiger partial charge in [-0.25, -0.2) is 4.79 Å². The molecule has 1 atom stereocenters. The number of amides is 5. The van der Waals surface area contributed by atoms with Crippen molar-refractivity contribution < 1.29 is 24.3 Å². The first-order valence-electron chi connectivity index (χ1n) is 9.53. The lowest BCUT2D eigenvalue weighted by molar-refractivity contribution is -0.131. The highest BCUT2D eigenvalue weighted by Gasteiger charge is 2.36. The van der Waals surface area contributed by atoms with Gasteiger partial charge in [0, 0.05) is 24.0 Å². The van der Waals surface area contributed by atoms with Crippen molar-refractivity contribution in [2.45, 2.75) is 52.7 Å². The van der Waals surface area contributed by atoms with E-state index in [0.717, 1.165) is 16.0 Å². The smallest absolute Gasteiger partial charge is 0.319 e. The number of aliphatic hydroxyl groups excluding tert-OH is 1. The number of nitrogens with one attached hydrogen (secondary N) is 3. The Morgan fingerprint density at radius 1 is 1.30 bits per heavy atom. The van der Waals surface area contributed by atoms with Crippen molar-refractivity contribution in [1.29, 1.82) is 0 Å². The van der Waals surface area contributed by atoms with Crippen molar-refractivity contribution in [2.75, 3.05) is 0 Å². The Morgan fingerprint density at radius 2 is 2.03 bits per heavy atom. The van der Waals surface area contributed by atoms with Gasteiger partial charge >= 0.3 is 6.03 Å². The predicted octanol–water partition coefficient (Wildman–Crippen LogP) is 2.06. The van der Waals surface area contributed by atoms with Crippen LogP contribution < -0.4 is 16.0 Å². The van der Waals surface area contributed by atoms with Crippen molar-refractivity contribution in [3.63, 3.8) is 0 Å². The molecule has 0 aromatic carbocycles. The minimum absolute atomic E-state index is 0.181. The summed E-state index contributed by atoms with van der Waals surface area (Å²) in [6.45, 7) is 5.20. The lowest BCUT2D eigenvalue weighted by Crippen LogP contribution is -2.46. The summed E-state index contributed by atoms with van der Waals surface area (Å²) in [6.07, 6.45) is 2.89. The zero-order valence-electron chi connectivity index (χ0n) is 17.0. The lowest BCUT2D eigenvalue weighted by atomic mass is 10.0. The SMILES string of the molecule is CC(=O)NC(=O)C(C)N1Cc2cc(CNC(=O)NC3=CC(O)=C(C)CC3)sc2C1=O. The quantitative estimate of drug-likeness (QED) is 0.566. The number of fused-ring (bicyclic) bond motifs is 1. The molecule has 2 heterocycles. The van der Waals surface area contributed by atoms with E-state index in [9.17, 15) is 24.3 Å². The van der Waals surface area contributed by atoms with Crippen molar-refractivity contribution in [3.05, 3.63) is 44.5 Å². The number of urea groups is 1. The molecule has 1 aromatic heterocycles. The standard InChI is InChI=1S/C20H24N4O5S/c1-10-4-5-14(7-16(10)26)23-20(29)21-8-15-6-13-9-24(19(28)17(13)30-15)11(2)18(27)22-12(3)25/h6-7,11,26H,4-5,8-9H2,1-3H3,(H2,21,23,29)(H,22,25,27). The topological polar surface area (TPSA) is 128 Å². The number of hydrogen-bond acceptors (Lipinski definition) is 6. The summed E-state index contributed by atoms with van der Waals surface area (Å²) >= 11 is 1.27. The Labute approximate surface area is 177 Å². The second-order valence-electron chi connectivity index (χ2n) is 7.36. The van der Waals surface area contributed by atoms with Crippen molar-refractivity contribution >= 4 is 35.1 Å². The second kappa shape index (κ2) is 8.70. The number of nitrogens with zero attached hydrogens (tertiary/aromatic N) is 1. The van der Waals surface area contributed by atoms with Gasteiger partial charge in [0.05, 0.1) is 11.4 Å². The van der Waals surface area contributed by atoms with Crippen LogP contribution in [0.4, 0.5) is 4.79 Å². The van der Waals surface area contributed by atoms with E-state index in [1.165, 1.54) is 23.2 Å². The van der Waals surface area contributed by atoms with Crippen molar-refractivity contribution in [2.24, 2.45) is 0 Å². The van der Waals surface area contributed by atoms with Gasteiger partial charge in [-0.05, 0) is 50.0 Å². The molecule has 1 aliphatic heterocycles. The number of allylic oxidation sites excluding steroid dienone is 3. The minimum atomic E-state index is -0.758. The van der Waals surface area contributed by atoms with Crippen molar-refractivity contribution in [1.82, 2.24) is 20.9 Å². The van der Waals surface area contributed by atoms with Crippen LogP contribution in [0.15, 0.2) is 29.2 Å². The molecule has 3 rings (SSSR count). The van der Waals surface area contributed by atoms with E-state index in [4.69, 9.17) is 0 Å². The maximum atomic E-state index is 12.6. The fourth-order valence-corrected chi connectivity index (χ4v) is 4.32. The Morgan fingerprint density at radius 3 is 2.67 bits per heavy atom. The Balaban J connectivity index is 1.55. The third-order valence-corrected chi connectivity index (χ3v) is 6.18. The first-order valence-corrected chi connectivity index (χ1v) is 10.4. The normalized spacial score (nSPS) is 16.7. The maximum Gasteiger partial charge on any atom is 0.319 e. The summed E-state index contributed by atoms with van der Waals surface area (Å²) < 4.78 is 0. The monoisotopic (exact) mass is 432 g/mol. The van der Waals surface area contributed by atoms with E-state index < -0.39 is 17.9 Å². The summed E-state index contributed by atoms with van der Waals surface area (Å²) in [4.78, 5) is 50.6. The third-order valence-electron chi connectivity index (χ3n) is 5.02. The Kier molecular flexibility index (Phi) is 6.25. The molecule has 4 N–H and O–H groups in total. The number of hydrogen-bond donors (Lipinski definition) is 4. The van der Waals surface area contributed by atoms with E-state index in [1.807, 2.05) is 13.0 Å². The van der Waals surface area contributed by atoms with Crippen LogP contribution in [0.1, 0.15) is 53.7 Å². The van der Waals surface area contributed by atoms with Gasteiger partial charge in [0.15, 0.2) is 0 Å². The van der Waals surface area contributed by atoms with Gasteiger partial charge < -0.3 is 20.6 Å². The highest BCUT2D eigenvalue weighted by Crippen LogP contribution is 2.32. The van der Waals surface area contributed by atoms with Gasteiger partial charge in [0.2, 0.25) is 11.8 Å². The number of thiophene rings is 1. The zero-order valence-corrected chi connectivity index (χ0v) is 17.8. The van der Waals surface area contributed by atoms with Crippen LogP contribution in [0.2, 0.25) is 0 Å². The largest absolute Gasteiger partial charge is 0.508 e. The van der Waals surface area contributed by atoms with E-state index in [2.05, 4.69) is 16.0 Å². The zero-order chi connectivity index (χ0) is 22.0. The molecule has 1 aliphatic carbocycles. The third kappa shape index (κ3) is 4.70. The molecule has 0 fully saturated rings. The molecular weight excluding hydrogens is 408 g/mol. The molecule has 2 aliphatic rings. The molecular formula is C20H24N4O5S. The van der Waals surface area contributed by atoms with Crippen LogP contribution in [0, 0.1) is 0 Å². The lowest BCUT2D eigenvalue weighted by Gasteiger charge is -2.22. The van der Waals surface area contributed by atoms with Crippen LogP contribution in [0.3, 0.4) is 0 Å². The molecule has 0 saturated carbocycles. The van der Waals surface area contributed by atoms with Gasteiger partial charge in [0.1, 0.15) is 11.8 Å². The van der Waals surface area contributed by atoms with Crippen LogP contribution in [-0.4, -0.2) is 39.8 Å². The highest BCUT2D eigenvalue weighted by molar-refractivity contribution is 7.14. The fourth-order valence-electron chi connectivity index (χ4n) is 3.26. The Bertz CT molecular complexity index is 978. The Hall–Kier alpha value is -3.14. The summed E-state index contributed by atoms with van der Waals surface area (Å²) in [5.41, 5.74) is 2.33. The number of rotatable bonds is 5. The van der Waals surface area contributed by atoms with E-state index >= 15 is 0 Å². The molecule has 1 unspecified atom stereocenters. The van der Waals surface area contributed by atoms with Crippen LogP contribution in [0.25, 0.3) is 0 Å². The second-order valence-corrected chi connectivity index (χ2v) is 8.50. The number of aliphatic hydroxyl groups is 1. The average molecular weight is 433 g/mol. The number of carbonyl (C=O) groups excluding carboxylic acids is 4. The van der Waals surface area contributed by atoms with E-state index in [-0.39, 0.29) is 30.8 Å². The number of imide groups is 1. The molecule has 30 heavy (non-hydrogen) atoms. The molecule has 0 spiro atoms. The van der Waals surface area contributed by atoms with Gasteiger partial charge in [-0.2, -0.15) is 0 Å². The highest BCUT2D eigenvalue weighted by atomic mass is 32.1. The van der Waals surface area contributed by atoms with Gasteiger partial charge in [-0.3, -0.25) is 19.7 Å². The van der Waals surface area contributed by atoms with Crippen LogP contribution in [-0.2, 0) is 22.7 Å². The van der Waals surface area contributed by atoms with Crippen LogP contribution in [0.5, 0.6) is 0 Å². The molecule has 5 amide bonds. The fraction of sp³-hybridized carbons (Fsp3) is 0.400. The van der Waals surface area contributed by atoms with Gasteiger partial charge in [0.25, 0.3) is 5.91 Å². The van der Waals surface area contributed by atoms with E-state index in [1.54, 1.807) is 13.0 Å². The molecule has 0 radical (unpaired) electrons. The summed E-state index contributed by atoms with van der Waals surface area (Å²) in [5.74, 6) is -1.06. The average Bonchev–Trinajstić information content (AvgIpc) is 3.21. The molecule has 160 valence electrons. The van der Waals surface area contributed by atoms with Gasteiger partial charge in [-0.1, -0.05) is 0 Å². The number of carbonyl (C=O) groups is 4. The van der Waals surface area contributed by atoms with E-state index in [0.29, 0.717) is 23.4 Å². The molecule has 1 aromatic rings. The van der Waals surface area contributed by atoms with Crippen molar-refractivity contribution in [3.8, 4) is 0 Å². The minimum Gasteiger partial charge on any atom is -0.508 e. The first-order chi connectivity index (χ1) is 14.2. The first kappa shape index (κ1) is 21.6. The molecule has 0 bridgehead atoms. The van der Waals surface area contributed by atoms with Crippen LogP contribution >= 0.6 is 11.3 Å². The molecule has 10 heteroatoms. The summed E-state index contributed by atoms with van der Waals surface area (Å²) in [6, 6.07) is 0.696. The predicted molar refractivity (Wildman–Crippen MR) is 110 cm³/mol. The molecule has 9 nitrogen and oxygen atoms in total. The van der Waals surface area contributed by atoms with Gasteiger partial charge in [-0.15, -0.1) is 11.3 Å². The summed E-state index contributed by atoms with van der Waals surface area (Å²) in [7, 11) is 0. The molecule has 0 saturated heterocycles. The maximum absolute atomic E-state index is 12.6. The summed E-state index contributed by atoms with van der Waals surface area (Å²) in [5, 5.41) is 17.4.